The first-order valence-electron chi connectivity index (χ1n) is 13.6. The molecule has 1 aromatic heterocycles. The number of carbonyl (C=O) groups is 2. The number of hydrogen-bond donors (Lipinski definition) is 2. The molecule has 0 saturated heterocycles. The van der Waals surface area contributed by atoms with Crippen molar-refractivity contribution in [1.82, 2.24) is 4.73 Å². The average Bonchev–Trinajstić information content (AvgIpc) is 3.19. The second-order valence-electron chi connectivity index (χ2n) is 9.40. The van der Waals surface area contributed by atoms with Gasteiger partial charge in [0, 0.05) is 25.0 Å². The maximum Gasteiger partial charge on any atom is 0.333 e. The molecule has 0 fully saturated rings. The molecule has 0 aliphatic carbocycles. The third-order valence-corrected chi connectivity index (χ3v) is 6.25. The van der Waals surface area contributed by atoms with E-state index in [9.17, 15) is 19.8 Å². The van der Waals surface area contributed by atoms with Gasteiger partial charge in [-0.15, -0.1) is 4.73 Å². The number of rotatable bonds is 20. The van der Waals surface area contributed by atoms with Crippen LogP contribution in [0.3, 0.4) is 0 Å². The number of unbranched alkanes of at least 4 members (excludes halogenated alkanes) is 13. The van der Waals surface area contributed by atoms with Gasteiger partial charge in [-0.1, -0.05) is 107 Å². The zero-order valence-corrected chi connectivity index (χ0v) is 21.5. The van der Waals surface area contributed by atoms with E-state index in [0.717, 1.165) is 42.4 Å². The fourth-order valence-corrected chi connectivity index (χ4v) is 4.11. The van der Waals surface area contributed by atoms with Crippen molar-refractivity contribution in [2.45, 2.75) is 109 Å². The molecule has 0 radical (unpaired) electrons. The number of ether oxygens (including phenoxy) is 1. The molecule has 2 aromatic rings. The van der Waals surface area contributed by atoms with Gasteiger partial charge >= 0.3 is 11.9 Å². The Morgan fingerprint density at radius 2 is 1.00 bits per heavy atom. The molecule has 0 aliphatic rings. The molecular formula is C29H43NO6. The number of aromatic hydroxyl groups is 2. The lowest BCUT2D eigenvalue weighted by Gasteiger charge is -2.07. The van der Waals surface area contributed by atoms with Gasteiger partial charge in [0.1, 0.15) is 6.61 Å². The predicted molar refractivity (Wildman–Crippen MR) is 139 cm³/mol. The summed E-state index contributed by atoms with van der Waals surface area (Å²) in [7, 11) is 0. The Balaban J connectivity index is 1.28. The number of hydrogen-bond acceptors (Lipinski definition) is 6. The van der Waals surface area contributed by atoms with Crippen LogP contribution in [0.2, 0.25) is 0 Å². The van der Waals surface area contributed by atoms with Gasteiger partial charge in [-0.3, -0.25) is 4.79 Å². The van der Waals surface area contributed by atoms with E-state index in [1.807, 2.05) is 30.3 Å². The van der Waals surface area contributed by atoms with E-state index >= 15 is 0 Å². The summed E-state index contributed by atoms with van der Waals surface area (Å²) in [4.78, 5) is 28.5. The van der Waals surface area contributed by atoms with Crippen LogP contribution < -0.4 is 4.84 Å². The monoisotopic (exact) mass is 501 g/mol. The summed E-state index contributed by atoms with van der Waals surface area (Å²) in [6.07, 6.45) is 16.9. The van der Waals surface area contributed by atoms with Gasteiger partial charge in [-0.25, -0.2) is 4.79 Å². The van der Waals surface area contributed by atoms with Crippen LogP contribution in [0.1, 0.15) is 108 Å². The highest BCUT2D eigenvalue weighted by Gasteiger charge is 2.11. The van der Waals surface area contributed by atoms with E-state index in [4.69, 9.17) is 9.57 Å². The Labute approximate surface area is 215 Å². The predicted octanol–water partition coefficient (Wildman–Crippen LogP) is 6.84. The lowest BCUT2D eigenvalue weighted by atomic mass is 10.0. The van der Waals surface area contributed by atoms with E-state index in [2.05, 4.69) is 0 Å². The molecule has 0 amide bonds. The largest absolute Gasteiger partial charge is 0.492 e. The Hall–Kier alpha value is -2.96. The van der Waals surface area contributed by atoms with Gasteiger partial charge in [-0.2, -0.15) is 0 Å². The van der Waals surface area contributed by atoms with E-state index < -0.39 is 5.97 Å². The number of aromatic nitrogens is 1. The normalized spacial score (nSPS) is 10.9. The van der Waals surface area contributed by atoms with Crippen molar-refractivity contribution in [3.8, 4) is 11.8 Å². The van der Waals surface area contributed by atoms with Crippen LogP contribution in [0.4, 0.5) is 0 Å². The van der Waals surface area contributed by atoms with Crippen LogP contribution in [0.15, 0.2) is 42.5 Å². The van der Waals surface area contributed by atoms with Crippen LogP contribution in [0.25, 0.3) is 0 Å². The van der Waals surface area contributed by atoms with Crippen LogP contribution in [-0.2, 0) is 20.9 Å². The second kappa shape index (κ2) is 18.3. The summed E-state index contributed by atoms with van der Waals surface area (Å²) >= 11 is 0. The Morgan fingerprint density at radius 3 is 1.47 bits per heavy atom. The van der Waals surface area contributed by atoms with Crippen molar-refractivity contribution < 1.29 is 29.4 Å². The summed E-state index contributed by atoms with van der Waals surface area (Å²) in [5, 5.41) is 18.9. The van der Waals surface area contributed by atoms with Gasteiger partial charge in [0.2, 0.25) is 11.8 Å². The first kappa shape index (κ1) is 29.3. The van der Waals surface area contributed by atoms with E-state index in [1.165, 1.54) is 69.9 Å². The van der Waals surface area contributed by atoms with Crippen molar-refractivity contribution in [3.63, 3.8) is 0 Å². The molecule has 200 valence electrons. The second-order valence-corrected chi connectivity index (χ2v) is 9.40. The smallest absolute Gasteiger partial charge is 0.333 e. The van der Waals surface area contributed by atoms with Crippen molar-refractivity contribution in [3.05, 3.63) is 48.0 Å². The molecule has 0 spiro atoms. The van der Waals surface area contributed by atoms with Crippen molar-refractivity contribution in [1.29, 1.82) is 0 Å². The van der Waals surface area contributed by atoms with Crippen molar-refractivity contribution in [2.24, 2.45) is 0 Å². The van der Waals surface area contributed by atoms with Crippen molar-refractivity contribution >= 4 is 11.9 Å². The van der Waals surface area contributed by atoms with Gasteiger partial charge < -0.3 is 19.8 Å². The minimum absolute atomic E-state index is 0.100. The number of carbonyl (C=O) groups excluding carboxylic acids is 2. The molecule has 0 unspecified atom stereocenters. The summed E-state index contributed by atoms with van der Waals surface area (Å²) in [6, 6.07) is 12.3. The maximum atomic E-state index is 11.8. The topological polar surface area (TPSA) is 98.0 Å². The van der Waals surface area contributed by atoms with Gasteiger partial charge in [-0.05, 0) is 18.4 Å². The van der Waals surface area contributed by atoms with Crippen LogP contribution in [0, 0.1) is 0 Å². The molecule has 36 heavy (non-hydrogen) atoms. The van der Waals surface area contributed by atoms with Crippen LogP contribution in [0.5, 0.6) is 11.8 Å². The Bertz CT molecular complexity index is 844. The van der Waals surface area contributed by atoms with Gasteiger partial charge in [0.05, 0.1) is 0 Å². The Kier molecular flexibility index (Phi) is 14.9. The molecule has 0 aliphatic heterocycles. The number of benzene rings is 1. The third-order valence-electron chi connectivity index (χ3n) is 6.25. The van der Waals surface area contributed by atoms with Crippen LogP contribution in [-0.4, -0.2) is 26.9 Å². The van der Waals surface area contributed by atoms with E-state index in [1.54, 1.807) is 0 Å². The SMILES string of the molecule is O=C(CCCCCCCCCCCCCCCCC(=O)On1c(O)ccc1O)OCc1ccccc1. The first-order chi connectivity index (χ1) is 17.6. The minimum Gasteiger partial charge on any atom is -0.492 e. The lowest BCUT2D eigenvalue weighted by molar-refractivity contribution is -0.146. The molecule has 0 atom stereocenters. The third kappa shape index (κ3) is 13.2. The summed E-state index contributed by atoms with van der Waals surface area (Å²) in [6.45, 7) is 0.366. The highest BCUT2D eigenvalue weighted by Crippen LogP contribution is 2.19. The number of esters is 1. The van der Waals surface area contributed by atoms with Crippen LogP contribution >= 0.6 is 0 Å². The molecule has 2 rings (SSSR count). The van der Waals surface area contributed by atoms with Crippen molar-refractivity contribution in [2.75, 3.05) is 0 Å². The molecule has 0 saturated carbocycles. The zero-order valence-electron chi connectivity index (χ0n) is 21.5. The van der Waals surface area contributed by atoms with E-state index in [0.29, 0.717) is 13.0 Å². The highest BCUT2D eigenvalue weighted by molar-refractivity contribution is 5.70. The molecule has 2 N–H and O–H groups in total. The molecular weight excluding hydrogens is 458 g/mol. The summed E-state index contributed by atoms with van der Waals surface area (Å²) in [5.41, 5.74) is 1.03. The molecule has 7 heteroatoms. The molecule has 0 bridgehead atoms. The van der Waals surface area contributed by atoms with Gasteiger partial charge in [0.25, 0.3) is 0 Å². The van der Waals surface area contributed by atoms with Gasteiger partial charge in [0.15, 0.2) is 0 Å². The zero-order chi connectivity index (χ0) is 25.8. The summed E-state index contributed by atoms with van der Waals surface area (Å²) in [5.74, 6) is -1.15. The minimum atomic E-state index is -0.460. The first-order valence-corrected chi connectivity index (χ1v) is 13.6. The molecule has 1 heterocycles. The van der Waals surface area contributed by atoms with E-state index in [-0.39, 0.29) is 24.2 Å². The number of nitrogens with zero attached hydrogens (tertiary/aromatic N) is 1. The Morgan fingerprint density at radius 1 is 0.583 bits per heavy atom. The maximum absolute atomic E-state index is 11.8. The quantitative estimate of drug-likeness (QED) is 0.152. The molecule has 7 nitrogen and oxygen atoms in total. The fraction of sp³-hybridized carbons (Fsp3) is 0.586. The lowest BCUT2D eigenvalue weighted by Crippen LogP contribution is -2.18. The fourth-order valence-electron chi connectivity index (χ4n) is 4.11. The highest BCUT2D eigenvalue weighted by atomic mass is 16.7. The molecule has 1 aromatic carbocycles. The standard InChI is InChI=1S/C29H43NO6/c31-26-22-23-27(32)30(26)36-29(34)21-17-12-10-8-6-4-2-1-3-5-7-9-11-16-20-28(33)35-24-25-18-14-13-15-19-25/h13-15,18-19,22-23,31-32H,1-12,16-17,20-21,24H2. The average molecular weight is 502 g/mol. The summed E-state index contributed by atoms with van der Waals surface area (Å²) < 4.78 is 6.04.